The number of aryl methyl sites for hydroxylation is 2. The lowest BCUT2D eigenvalue weighted by atomic mass is 10.1. The van der Waals surface area contributed by atoms with Crippen molar-refractivity contribution in [1.82, 2.24) is 15.2 Å². The van der Waals surface area contributed by atoms with E-state index >= 15 is 0 Å². The molecule has 5 rings (SSSR count). The first-order valence-electron chi connectivity index (χ1n) is 13.6. The van der Waals surface area contributed by atoms with E-state index in [1.54, 1.807) is 6.20 Å². The number of hydrogen-bond donors (Lipinski definition) is 1. The Hall–Kier alpha value is -3.49. The lowest BCUT2D eigenvalue weighted by Crippen LogP contribution is -2.32. The van der Waals surface area contributed by atoms with E-state index in [-0.39, 0.29) is 11.3 Å². The molecule has 7 nitrogen and oxygen atoms in total. The molecule has 2 heterocycles. The highest BCUT2D eigenvalue weighted by Gasteiger charge is 2.17. The maximum absolute atomic E-state index is 13.4. The van der Waals surface area contributed by atoms with Crippen LogP contribution in [0.2, 0.25) is 0 Å². The van der Waals surface area contributed by atoms with Crippen LogP contribution in [0.5, 0.6) is 17.2 Å². The first-order valence-corrected chi connectivity index (χ1v) is 14.4. The summed E-state index contributed by atoms with van der Waals surface area (Å²) < 4.78 is 13.8. The summed E-state index contributed by atoms with van der Waals surface area (Å²) in [4.78, 5) is 32.1. The van der Waals surface area contributed by atoms with Gasteiger partial charge in [-0.2, -0.15) is 0 Å². The van der Waals surface area contributed by atoms with Gasteiger partial charge in [-0.15, -0.1) is 11.3 Å². The minimum atomic E-state index is -0.00514. The summed E-state index contributed by atoms with van der Waals surface area (Å²) in [6.07, 6.45) is 7.28. The lowest BCUT2D eigenvalue weighted by Gasteiger charge is -2.14. The molecule has 2 aromatic carbocycles. The number of likely N-dealkylation sites (N-methyl/N-ethyl adjacent to an activating group) is 1. The Morgan fingerprint density at radius 1 is 1.08 bits per heavy atom. The summed E-state index contributed by atoms with van der Waals surface area (Å²) in [5, 5.41) is 4.46. The van der Waals surface area contributed by atoms with Gasteiger partial charge in [-0.05, 0) is 88.3 Å². The van der Waals surface area contributed by atoms with Gasteiger partial charge in [-0.1, -0.05) is 12.8 Å². The number of carbonyl (C=O) groups is 1. The monoisotopic (exact) mass is 545 g/mol. The number of fused-ring (bicyclic) bond motifs is 2. The Balaban J connectivity index is 1.30. The third-order valence-corrected chi connectivity index (χ3v) is 8.19. The molecule has 1 fully saturated rings. The third-order valence-electron chi connectivity index (χ3n) is 7.01. The molecule has 4 aromatic rings. The Morgan fingerprint density at radius 2 is 1.87 bits per heavy atom. The third kappa shape index (κ3) is 6.75. The normalized spacial score (nSPS) is 13.8. The van der Waals surface area contributed by atoms with Gasteiger partial charge in [0.15, 0.2) is 5.43 Å². The molecule has 0 atom stereocenters. The molecule has 0 spiro atoms. The van der Waals surface area contributed by atoms with E-state index < -0.39 is 0 Å². The van der Waals surface area contributed by atoms with E-state index in [9.17, 15) is 9.59 Å². The molecular formula is C31H35N3O4S. The number of nitrogens with zero attached hydrogens (tertiary/aromatic N) is 2. The molecule has 1 saturated carbocycles. The highest BCUT2D eigenvalue weighted by molar-refractivity contribution is 7.24. The van der Waals surface area contributed by atoms with Crippen molar-refractivity contribution in [3.63, 3.8) is 0 Å². The van der Waals surface area contributed by atoms with Crippen molar-refractivity contribution in [2.24, 2.45) is 0 Å². The fourth-order valence-corrected chi connectivity index (χ4v) is 6.07. The molecule has 0 unspecified atom stereocenters. The van der Waals surface area contributed by atoms with Gasteiger partial charge < -0.3 is 19.7 Å². The molecule has 2 aromatic heterocycles. The minimum Gasteiger partial charge on any atom is -0.491 e. The zero-order chi connectivity index (χ0) is 27.4. The van der Waals surface area contributed by atoms with Crippen molar-refractivity contribution in [3.05, 3.63) is 70.1 Å². The van der Waals surface area contributed by atoms with Crippen molar-refractivity contribution in [2.45, 2.75) is 51.5 Å². The van der Waals surface area contributed by atoms with E-state index in [4.69, 9.17) is 9.47 Å². The predicted molar refractivity (Wildman–Crippen MR) is 157 cm³/mol. The summed E-state index contributed by atoms with van der Waals surface area (Å²) in [5.74, 6) is 2.06. The van der Waals surface area contributed by atoms with E-state index in [0.717, 1.165) is 45.8 Å². The SMILES string of the molecule is Cc1cc(OCCN(C)C)c2sc3cc(Oc4ccc(CCC(=O)NC5CCCC5)nc4)ccc3c(=O)c2c1. The van der Waals surface area contributed by atoms with Gasteiger partial charge in [-0.3, -0.25) is 14.6 Å². The van der Waals surface area contributed by atoms with Gasteiger partial charge in [0, 0.05) is 40.2 Å². The molecule has 1 amide bonds. The highest BCUT2D eigenvalue weighted by Crippen LogP contribution is 2.35. The number of rotatable bonds is 10. The van der Waals surface area contributed by atoms with Crippen molar-refractivity contribution in [3.8, 4) is 17.2 Å². The van der Waals surface area contributed by atoms with Crippen LogP contribution in [0.15, 0.2) is 53.5 Å². The van der Waals surface area contributed by atoms with Gasteiger partial charge >= 0.3 is 0 Å². The second-order valence-corrected chi connectivity index (χ2v) is 11.6. The number of benzene rings is 2. The van der Waals surface area contributed by atoms with Crippen molar-refractivity contribution >= 4 is 37.4 Å². The molecule has 1 aliphatic carbocycles. The zero-order valence-electron chi connectivity index (χ0n) is 22.8. The number of aromatic nitrogens is 1. The first kappa shape index (κ1) is 27.1. The average molecular weight is 546 g/mol. The number of ether oxygens (including phenoxy) is 2. The van der Waals surface area contributed by atoms with Gasteiger partial charge in [0.05, 0.1) is 10.9 Å². The standard InChI is InChI=1S/C31H35N3O4S/c1-20-16-26-30(36)25-12-11-23(18-28(25)39-31(26)27(17-20)37-15-14-34(2)3)38-24-10-8-21(32-19-24)9-13-29(35)33-22-6-4-5-7-22/h8,10-12,16-19,22H,4-7,9,13-15H2,1-3H3,(H,33,35). The van der Waals surface area contributed by atoms with E-state index in [1.165, 1.54) is 24.2 Å². The van der Waals surface area contributed by atoms with E-state index in [1.807, 2.05) is 63.5 Å². The van der Waals surface area contributed by atoms with Crippen molar-refractivity contribution in [1.29, 1.82) is 0 Å². The molecule has 204 valence electrons. The van der Waals surface area contributed by atoms with Crippen LogP contribution in [-0.4, -0.2) is 49.1 Å². The van der Waals surface area contributed by atoms with Crippen molar-refractivity contribution in [2.75, 3.05) is 27.2 Å². The molecule has 39 heavy (non-hydrogen) atoms. The predicted octanol–water partition coefficient (Wildman–Crippen LogP) is 5.84. The second kappa shape index (κ2) is 12.1. The van der Waals surface area contributed by atoms with Crippen LogP contribution in [0.25, 0.3) is 20.2 Å². The second-order valence-electron chi connectivity index (χ2n) is 10.5. The van der Waals surface area contributed by atoms with E-state index in [0.29, 0.717) is 47.8 Å². The fraction of sp³-hybridized carbons (Fsp3) is 0.387. The Bertz CT molecular complexity index is 1530. The topological polar surface area (TPSA) is 80.8 Å². The largest absolute Gasteiger partial charge is 0.491 e. The van der Waals surface area contributed by atoms with Gasteiger partial charge in [0.25, 0.3) is 0 Å². The molecule has 0 saturated heterocycles. The summed E-state index contributed by atoms with van der Waals surface area (Å²) >= 11 is 1.54. The average Bonchev–Trinajstić information content (AvgIpc) is 3.42. The number of amides is 1. The molecular weight excluding hydrogens is 510 g/mol. The Labute approximate surface area is 232 Å². The molecule has 0 aliphatic heterocycles. The lowest BCUT2D eigenvalue weighted by molar-refractivity contribution is -0.121. The molecule has 1 aliphatic rings. The number of nitrogens with one attached hydrogen (secondary N) is 1. The Morgan fingerprint density at radius 3 is 2.62 bits per heavy atom. The quantitative estimate of drug-likeness (QED) is 0.252. The van der Waals surface area contributed by atoms with Gasteiger partial charge in [-0.25, -0.2) is 0 Å². The maximum atomic E-state index is 13.4. The van der Waals surface area contributed by atoms with Crippen LogP contribution < -0.4 is 20.2 Å². The molecule has 1 N–H and O–H groups in total. The summed E-state index contributed by atoms with van der Waals surface area (Å²) in [6, 6.07) is 13.6. The summed E-state index contributed by atoms with van der Waals surface area (Å²) in [5.41, 5.74) is 1.84. The summed E-state index contributed by atoms with van der Waals surface area (Å²) in [7, 11) is 4.01. The van der Waals surface area contributed by atoms with Crippen LogP contribution in [0, 0.1) is 6.92 Å². The van der Waals surface area contributed by atoms with Crippen molar-refractivity contribution < 1.29 is 14.3 Å². The van der Waals surface area contributed by atoms with Crippen LogP contribution in [0.1, 0.15) is 43.4 Å². The molecule has 8 heteroatoms. The zero-order valence-corrected chi connectivity index (χ0v) is 23.6. The van der Waals surface area contributed by atoms with Gasteiger partial charge in [0.1, 0.15) is 23.9 Å². The van der Waals surface area contributed by atoms with Gasteiger partial charge in [0.2, 0.25) is 5.91 Å². The summed E-state index contributed by atoms with van der Waals surface area (Å²) in [6.45, 7) is 3.31. The first-order chi connectivity index (χ1) is 18.9. The highest BCUT2D eigenvalue weighted by atomic mass is 32.1. The molecule has 0 bridgehead atoms. The number of hydrogen-bond acceptors (Lipinski definition) is 7. The van der Waals surface area contributed by atoms with Crippen LogP contribution in [-0.2, 0) is 11.2 Å². The van der Waals surface area contributed by atoms with Crippen LogP contribution in [0.3, 0.4) is 0 Å². The maximum Gasteiger partial charge on any atom is 0.220 e. The number of carbonyl (C=O) groups excluding carboxylic acids is 1. The Kier molecular flexibility index (Phi) is 8.43. The van der Waals surface area contributed by atoms with Crippen LogP contribution in [0.4, 0.5) is 0 Å². The number of pyridine rings is 1. The van der Waals surface area contributed by atoms with E-state index in [2.05, 4.69) is 15.2 Å². The minimum absolute atomic E-state index is 0.00514. The fourth-order valence-electron chi connectivity index (χ4n) is 4.92. The van der Waals surface area contributed by atoms with Crippen LogP contribution >= 0.6 is 11.3 Å². The smallest absolute Gasteiger partial charge is 0.220 e. The molecule has 0 radical (unpaired) electrons.